The van der Waals surface area contributed by atoms with Gasteiger partial charge in [-0.15, -0.1) is 0 Å². The van der Waals surface area contributed by atoms with Crippen LogP contribution >= 0.6 is 15.9 Å². The average Bonchev–Trinajstić information content (AvgIpc) is 2.46. The van der Waals surface area contributed by atoms with E-state index < -0.39 is 0 Å². The highest BCUT2D eigenvalue weighted by molar-refractivity contribution is 9.10. The lowest BCUT2D eigenvalue weighted by Crippen LogP contribution is -2.20. The van der Waals surface area contributed by atoms with Crippen molar-refractivity contribution >= 4 is 15.9 Å². The second kappa shape index (κ2) is 7.08. The lowest BCUT2D eigenvalue weighted by molar-refractivity contribution is 0.652. The molecule has 96 valence electrons. The fraction of sp³-hybridized carbons (Fsp3) is 0.188. The fourth-order valence-corrected chi connectivity index (χ4v) is 2.15. The number of nitrogens with one attached hydrogen (secondary N) is 1. The van der Waals surface area contributed by atoms with Gasteiger partial charge in [0.05, 0.1) is 12.0 Å². The Balaban J connectivity index is 1.88. The van der Waals surface area contributed by atoms with Crippen molar-refractivity contribution in [3.05, 3.63) is 70.2 Å². The predicted molar refractivity (Wildman–Crippen MR) is 80.6 cm³/mol. The quantitative estimate of drug-likeness (QED) is 0.910. The Morgan fingerprint density at radius 1 is 1.05 bits per heavy atom. The Morgan fingerprint density at radius 2 is 1.74 bits per heavy atom. The minimum atomic E-state index is -0.100. The molecule has 1 atom stereocenters. The first-order valence-corrected chi connectivity index (χ1v) is 6.98. The van der Waals surface area contributed by atoms with Crippen molar-refractivity contribution in [1.29, 1.82) is 5.26 Å². The number of halogens is 1. The molecule has 0 spiro atoms. The number of nitriles is 1. The predicted octanol–water partition coefficient (Wildman–Crippen LogP) is 3.85. The standard InChI is InChI=1S/C16H15BrN2/c17-16-8-6-13(7-9-16)11-19-12-15(10-18)14-4-2-1-3-5-14/h1-9,15,19H,11-12H2. The smallest absolute Gasteiger partial charge is 0.0837 e. The van der Waals surface area contributed by atoms with Crippen molar-refractivity contribution in [2.45, 2.75) is 12.5 Å². The van der Waals surface area contributed by atoms with Crippen molar-refractivity contribution in [2.24, 2.45) is 0 Å². The molecule has 1 N–H and O–H groups in total. The average molecular weight is 315 g/mol. The van der Waals surface area contributed by atoms with Gasteiger partial charge in [-0.25, -0.2) is 0 Å². The van der Waals surface area contributed by atoms with Crippen LogP contribution in [0, 0.1) is 11.3 Å². The molecule has 1 unspecified atom stereocenters. The summed E-state index contributed by atoms with van der Waals surface area (Å²) in [6.45, 7) is 1.44. The van der Waals surface area contributed by atoms with E-state index >= 15 is 0 Å². The van der Waals surface area contributed by atoms with Crippen LogP contribution in [-0.4, -0.2) is 6.54 Å². The van der Waals surface area contributed by atoms with Crippen molar-refractivity contribution < 1.29 is 0 Å². The third-order valence-electron chi connectivity index (χ3n) is 2.95. The molecule has 2 aromatic carbocycles. The highest BCUT2D eigenvalue weighted by atomic mass is 79.9. The molecular formula is C16H15BrN2. The van der Waals surface area contributed by atoms with E-state index in [2.05, 4.69) is 39.4 Å². The molecule has 3 heteroatoms. The molecule has 0 aliphatic heterocycles. The topological polar surface area (TPSA) is 35.8 Å². The van der Waals surface area contributed by atoms with Gasteiger partial charge >= 0.3 is 0 Å². The minimum Gasteiger partial charge on any atom is -0.311 e. The van der Waals surface area contributed by atoms with Gasteiger partial charge in [-0.05, 0) is 23.3 Å². The van der Waals surface area contributed by atoms with Gasteiger partial charge in [0.2, 0.25) is 0 Å². The van der Waals surface area contributed by atoms with Crippen LogP contribution in [0.2, 0.25) is 0 Å². The molecule has 0 aliphatic rings. The van der Waals surface area contributed by atoms with E-state index in [1.165, 1.54) is 5.56 Å². The summed E-state index contributed by atoms with van der Waals surface area (Å²) in [5.74, 6) is -0.100. The van der Waals surface area contributed by atoms with Gasteiger partial charge in [-0.2, -0.15) is 5.26 Å². The zero-order chi connectivity index (χ0) is 13.5. The maximum atomic E-state index is 9.22. The Morgan fingerprint density at radius 3 is 2.37 bits per heavy atom. The van der Waals surface area contributed by atoms with E-state index in [9.17, 15) is 5.26 Å². The Kier molecular flexibility index (Phi) is 5.14. The van der Waals surface area contributed by atoms with Gasteiger partial charge in [0.1, 0.15) is 0 Å². The molecule has 2 rings (SSSR count). The molecule has 0 aliphatic carbocycles. The van der Waals surface area contributed by atoms with Crippen LogP contribution in [0.3, 0.4) is 0 Å². The molecule has 2 nitrogen and oxygen atoms in total. The van der Waals surface area contributed by atoms with E-state index in [4.69, 9.17) is 0 Å². The molecular weight excluding hydrogens is 300 g/mol. The second-order valence-electron chi connectivity index (χ2n) is 4.35. The zero-order valence-electron chi connectivity index (χ0n) is 10.5. The van der Waals surface area contributed by atoms with E-state index in [0.29, 0.717) is 6.54 Å². The molecule has 0 amide bonds. The van der Waals surface area contributed by atoms with Crippen LogP contribution in [0.15, 0.2) is 59.1 Å². The van der Waals surface area contributed by atoms with E-state index in [0.717, 1.165) is 16.6 Å². The van der Waals surface area contributed by atoms with E-state index in [-0.39, 0.29) is 5.92 Å². The summed E-state index contributed by atoms with van der Waals surface area (Å²) in [7, 11) is 0. The summed E-state index contributed by atoms with van der Waals surface area (Å²) < 4.78 is 1.08. The van der Waals surface area contributed by atoms with Crippen LogP contribution in [0.1, 0.15) is 17.0 Å². The summed E-state index contributed by atoms with van der Waals surface area (Å²) in [4.78, 5) is 0. The maximum Gasteiger partial charge on any atom is 0.0837 e. The highest BCUT2D eigenvalue weighted by Crippen LogP contribution is 2.14. The van der Waals surface area contributed by atoms with Crippen LogP contribution in [0.4, 0.5) is 0 Å². The van der Waals surface area contributed by atoms with Crippen LogP contribution in [-0.2, 0) is 6.54 Å². The molecule has 0 heterocycles. The maximum absolute atomic E-state index is 9.22. The summed E-state index contributed by atoms with van der Waals surface area (Å²) in [6, 6.07) is 20.4. The SMILES string of the molecule is N#CC(CNCc1ccc(Br)cc1)c1ccccc1. The van der Waals surface area contributed by atoms with Crippen LogP contribution < -0.4 is 5.32 Å². The molecule has 0 saturated heterocycles. The molecule has 0 fully saturated rings. The fourth-order valence-electron chi connectivity index (χ4n) is 1.89. The summed E-state index contributed by atoms with van der Waals surface area (Å²) in [5.41, 5.74) is 2.28. The summed E-state index contributed by atoms with van der Waals surface area (Å²) >= 11 is 3.42. The number of hydrogen-bond acceptors (Lipinski definition) is 2. The summed E-state index contributed by atoms with van der Waals surface area (Å²) in [5, 5.41) is 12.5. The van der Waals surface area contributed by atoms with Crippen molar-refractivity contribution in [1.82, 2.24) is 5.32 Å². The lowest BCUT2D eigenvalue weighted by atomic mass is 10.0. The van der Waals surface area contributed by atoms with Crippen molar-refractivity contribution in [3.8, 4) is 6.07 Å². The normalized spacial score (nSPS) is 11.8. The lowest BCUT2D eigenvalue weighted by Gasteiger charge is -2.11. The van der Waals surface area contributed by atoms with Gasteiger partial charge in [0.15, 0.2) is 0 Å². The molecule has 0 saturated carbocycles. The third kappa shape index (κ3) is 4.20. The van der Waals surface area contributed by atoms with Crippen LogP contribution in [0.5, 0.6) is 0 Å². The Hall–Kier alpha value is -1.63. The number of benzene rings is 2. The Labute approximate surface area is 122 Å². The minimum absolute atomic E-state index is 0.100. The van der Waals surface area contributed by atoms with Gasteiger partial charge in [-0.1, -0.05) is 58.4 Å². The van der Waals surface area contributed by atoms with Crippen molar-refractivity contribution in [2.75, 3.05) is 6.54 Å². The second-order valence-corrected chi connectivity index (χ2v) is 5.27. The molecule has 0 aromatic heterocycles. The van der Waals surface area contributed by atoms with Crippen molar-refractivity contribution in [3.63, 3.8) is 0 Å². The van der Waals surface area contributed by atoms with Gasteiger partial charge in [-0.3, -0.25) is 0 Å². The number of nitrogens with zero attached hydrogens (tertiary/aromatic N) is 1. The first-order chi connectivity index (χ1) is 9.29. The first-order valence-electron chi connectivity index (χ1n) is 6.19. The molecule has 0 bridgehead atoms. The number of hydrogen-bond donors (Lipinski definition) is 1. The monoisotopic (exact) mass is 314 g/mol. The van der Waals surface area contributed by atoms with Gasteiger partial charge in [0.25, 0.3) is 0 Å². The first kappa shape index (κ1) is 13.8. The Bertz CT molecular complexity index is 543. The molecule has 0 radical (unpaired) electrons. The highest BCUT2D eigenvalue weighted by Gasteiger charge is 2.08. The molecule has 19 heavy (non-hydrogen) atoms. The summed E-state index contributed by atoms with van der Waals surface area (Å²) in [6.07, 6.45) is 0. The zero-order valence-corrected chi connectivity index (χ0v) is 12.1. The van der Waals surface area contributed by atoms with E-state index in [1.807, 2.05) is 42.5 Å². The van der Waals surface area contributed by atoms with Gasteiger partial charge < -0.3 is 5.32 Å². The molecule has 2 aromatic rings. The largest absolute Gasteiger partial charge is 0.311 e. The van der Waals surface area contributed by atoms with Gasteiger partial charge in [0, 0.05) is 17.6 Å². The third-order valence-corrected chi connectivity index (χ3v) is 3.48. The number of rotatable bonds is 5. The van der Waals surface area contributed by atoms with E-state index in [1.54, 1.807) is 0 Å². The van der Waals surface area contributed by atoms with Crippen LogP contribution in [0.25, 0.3) is 0 Å².